The molecule has 1 aliphatic rings. The molecule has 1 amide bonds. The third kappa shape index (κ3) is 5.29. The summed E-state index contributed by atoms with van der Waals surface area (Å²) in [5.74, 6) is -0.130. The van der Waals surface area contributed by atoms with Crippen LogP contribution in [0.4, 0.5) is 0 Å². The van der Waals surface area contributed by atoms with E-state index in [9.17, 15) is 14.4 Å². The van der Waals surface area contributed by atoms with Gasteiger partial charge in [0.05, 0.1) is 6.04 Å². The summed E-state index contributed by atoms with van der Waals surface area (Å²) in [5, 5.41) is 0. The normalized spacial score (nSPS) is 13.1. The van der Waals surface area contributed by atoms with Crippen molar-refractivity contribution in [3.8, 4) is 0 Å². The lowest BCUT2D eigenvalue weighted by Gasteiger charge is -2.25. The quantitative estimate of drug-likeness (QED) is 0.806. The Balaban J connectivity index is 0.00000123. The molecule has 1 aromatic rings. The third-order valence-corrected chi connectivity index (χ3v) is 3.85. The molecular formula is C20H31NO3. The average Bonchev–Trinajstić information content (AvgIpc) is 2.90. The van der Waals surface area contributed by atoms with Gasteiger partial charge in [0.1, 0.15) is 5.78 Å². The third-order valence-electron chi connectivity index (χ3n) is 3.85. The average molecular weight is 333 g/mol. The Morgan fingerprint density at radius 3 is 2.17 bits per heavy atom. The molecule has 0 N–H and O–H groups in total. The van der Waals surface area contributed by atoms with Crippen molar-refractivity contribution in [3.05, 3.63) is 34.9 Å². The summed E-state index contributed by atoms with van der Waals surface area (Å²) in [4.78, 5) is 37.0. The Morgan fingerprint density at radius 1 is 1.12 bits per heavy atom. The van der Waals surface area contributed by atoms with Crippen molar-refractivity contribution in [2.75, 3.05) is 0 Å². The van der Waals surface area contributed by atoms with Crippen molar-refractivity contribution >= 4 is 17.5 Å². The number of carbonyl (C=O) groups excluding carboxylic acids is 3. The molecule has 1 aromatic carbocycles. The van der Waals surface area contributed by atoms with E-state index in [-0.39, 0.29) is 17.5 Å². The van der Waals surface area contributed by atoms with Crippen molar-refractivity contribution in [2.45, 2.75) is 73.9 Å². The summed E-state index contributed by atoms with van der Waals surface area (Å²) in [6.45, 7) is 13.4. The van der Waals surface area contributed by atoms with E-state index in [0.29, 0.717) is 24.9 Å². The first-order valence-electron chi connectivity index (χ1n) is 8.81. The highest BCUT2D eigenvalue weighted by atomic mass is 16.2. The number of fused-ring (bicyclic) bond motifs is 1. The molecule has 1 heterocycles. The molecule has 24 heavy (non-hydrogen) atoms. The second kappa shape index (κ2) is 10.7. The first kappa shape index (κ1) is 22.0. The highest BCUT2D eigenvalue weighted by Crippen LogP contribution is 2.28. The number of hydrogen-bond donors (Lipinski definition) is 0. The molecule has 0 fully saturated rings. The fraction of sp³-hybridized carbons (Fsp3) is 0.550. The van der Waals surface area contributed by atoms with Crippen LogP contribution in [-0.2, 0) is 16.1 Å². The van der Waals surface area contributed by atoms with Crippen LogP contribution in [0.2, 0.25) is 0 Å². The lowest BCUT2D eigenvalue weighted by atomic mass is 10.0. The van der Waals surface area contributed by atoms with E-state index in [0.717, 1.165) is 11.1 Å². The van der Waals surface area contributed by atoms with Crippen LogP contribution in [0.15, 0.2) is 18.2 Å². The summed E-state index contributed by atoms with van der Waals surface area (Å²) in [5.41, 5.74) is 2.73. The lowest BCUT2D eigenvalue weighted by Crippen LogP contribution is -2.40. The number of ketones is 2. The number of carbonyl (C=O) groups is 3. The molecule has 0 bridgehead atoms. The van der Waals surface area contributed by atoms with Crippen molar-refractivity contribution in [1.29, 1.82) is 0 Å². The Kier molecular flexibility index (Phi) is 9.86. The van der Waals surface area contributed by atoms with E-state index in [1.807, 2.05) is 46.8 Å². The molecule has 0 aromatic heterocycles. The summed E-state index contributed by atoms with van der Waals surface area (Å²) in [7, 11) is 0. The molecule has 2 rings (SSSR count). The van der Waals surface area contributed by atoms with Crippen LogP contribution in [0.3, 0.4) is 0 Å². The van der Waals surface area contributed by atoms with Gasteiger partial charge in [-0.3, -0.25) is 9.59 Å². The first-order valence-corrected chi connectivity index (χ1v) is 8.81. The highest BCUT2D eigenvalue weighted by molar-refractivity contribution is 6.01. The Bertz CT molecular complexity index is 578. The summed E-state index contributed by atoms with van der Waals surface area (Å²) in [6, 6.07) is 5.12. The monoisotopic (exact) mass is 333 g/mol. The highest BCUT2D eigenvalue weighted by Gasteiger charge is 2.35. The van der Waals surface area contributed by atoms with E-state index >= 15 is 0 Å². The number of nitrogens with zero attached hydrogens (tertiary/aromatic N) is 1. The first-order chi connectivity index (χ1) is 11.4. The van der Waals surface area contributed by atoms with Crippen molar-refractivity contribution in [1.82, 2.24) is 4.90 Å². The van der Waals surface area contributed by atoms with Crippen LogP contribution in [0.25, 0.3) is 0 Å². The standard InChI is InChI=1S/C16H19NO3.2C2H6/c1-10-5-4-6-13-14(10)9-17(16(13)20)15(12(3)19)8-7-11(2)18;2*1-2/h4-6,15H,7-9H2,1-3H3;2*1-2H3. The molecular weight excluding hydrogens is 302 g/mol. The van der Waals surface area contributed by atoms with Gasteiger partial charge in [-0.05, 0) is 44.4 Å². The molecule has 0 aliphatic carbocycles. The van der Waals surface area contributed by atoms with Gasteiger partial charge in [0, 0.05) is 18.5 Å². The zero-order valence-electron chi connectivity index (χ0n) is 16.1. The molecule has 0 saturated heterocycles. The van der Waals surface area contributed by atoms with E-state index in [2.05, 4.69) is 0 Å². The van der Waals surface area contributed by atoms with Crippen LogP contribution >= 0.6 is 0 Å². The maximum atomic E-state index is 12.4. The smallest absolute Gasteiger partial charge is 0.255 e. The van der Waals surface area contributed by atoms with Gasteiger partial charge < -0.3 is 9.69 Å². The van der Waals surface area contributed by atoms with Crippen LogP contribution in [0.5, 0.6) is 0 Å². The maximum Gasteiger partial charge on any atom is 0.255 e. The number of Topliss-reactive ketones (excluding diaryl/α,β-unsaturated/α-hetero) is 2. The van der Waals surface area contributed by atoms with Gasteiger partial charge in [-0.2, -0.15) is 0 Å². The van der Waals surface area contributed by atoms with Crippen LogP contribution in [0, 0.1) is 6.92 Å². The Labute approximate surface area is 146 Å². The minimum atomic E-state index is -0.502. The van der Waals surface area contributed by atoms with Gasteiger partial charge in [0.25, 0.3) is 5.91 Å². The van der Waals surface area contributed by atoms with Crippen molar-refractivity contribution in [3.63, 3.8) is 0 Å². The van der Waals surface area contributed by atoms with Gasteiger partial charge in [0.2, 0.25) is 0 Å². The zero-order chi connectivity index (χ0) is 18.9. The molecule has 4 heteroatoms. The maximum absolute atomic E-state index is 12.4. The molecule has 1 aliphatic heterocycles. The van der Waals surface area contributed by atoms with Crippen molar-refractivity contribution in [2.24, 2.45) is 0 Å². The SMILES string of the molecule is CC.CC.CC(=O)CCC(C(C)=O)N1Cc2c(C)cccc2C1=O. The Morgan fingerprint density at radius 2 is 1.71 bits per heavy atom. The summed E-state index contributed by atoms with van der Waals surface area (Å²) in [6.07, 6.45) is 0.729. The predicted octanol–water partition coefficient (Wildman–Crippen LogP) is 4.33. The van der Waals surface area contributed by atoms with Gasteiger partial charge in [0.15, 0.2) is 5.78 Å². The van der Waals surface area contributed by atoms with Gasteiger partial charge >= 0.3 is 0 Å². The molecule has 1 atom stereocenters. The Hall–Kier alpha value is -1.97. The van der Waals surface area contributed by atoms with Crippen LogP contribution in [0.1, 0.15) is 75.9 Å². The minimum absolute atomic E-state index is 0.0385. The van der Waals surface area contributed by atoms with E-state index in [1.54, 1.807) is 11.0 Å². The minimum Gasteiger partial charge on any atom is -0.324 e. The lowest BCUT2D eigenvalue weighted by molar-refractivity contribution is -0.122. The van der Waals surface area contributed by atoms with Crippen LogP contribution < -0.4 is 0 Å². The van der Waals surface area contributed by atoms with E-state index < -0.39 is 6.04 Å². The molecule has 134 valence electrons. The van der Waals surface area contributed by atoms with Crippen LogP contribution in [-0.4, -0.2) is 28.4 Å². The van der Waals surface area contributed by atoms with Gasteiger partial charge in [-0.15, -0.1) is 0 Å². The second-order valence-corrected chi connectivity index (χ2v) is 5.40. The van der Waals surface area contributed by atoms with Gasteiger partial charge in [-0.1, -0.05) is 39.8 Å². The number of aryl methyl sites for hydroxylation is 1. The largest absolute Gasteiger partial charge is 0.324 e. The van der Waals surface area contributed by atoms with E-state index in [1.165, 1.54) is 13.8 Å². The summed E-state index contributed by atoms with van der Waals surface area (Å²) < 4.78 is 0. The topological polar surface area (TPSA) is 54.5 Å². The van der Waals surface area contributed by atoms with E-state index in [4.69, 9.17) is 0 Å². The molecule has 4 nitrogen and oxygen atoms in total. The fourth-order valence-electron chi connectivity index (χ4n) is 2.68. The molecule has 0 saturated carbocycles. The van der Waals surface area contributed by atoms with Crippen molar-refractivity contribution < 1.29 is 14.4 Å². The fourth-order valence-corrected chi connectivity index (χ4v) is 2.68. The number of rotatable bonds is 5. The number of amides is 1. The summed E-state index contributed by atoms with van der Waals surface area (Å²) >= 11 is 0. The number of hydrogen-bond acceptors (Lipinski definition) is 3. The zero-order valence-corrected chi connectivity index (χ0v) is 16.1. The number of benzene rings is 1. The molecule has 0 spiro atoms. The predicted molar refractivity (Wildman–Crippen MR) is 98.1 cm³/mol. The van der Waals surface area contributed by atoms with Gasteiger partial charge in [-0.25, -0.2) is 0 Å². The second-order valence-electron chi connectivity index (χ2n) is 5.40. The molecule has 0 radical (unpaired) electrons. The molecule has 1 unspecified atom stereocenters.